The fourth-order valence-electron chi connectivity index (χ4n) is 0.853. The molecule has 0 fully saturated rings. The summed E-state index contributed by atoms with van der Waals surface area (Å²) in [5, 5.41) is 0.412. The summed E-state index contributed by atoms with van der Waals surface area (Å²) in [4.78, 5) is 18.5. The van der Waals surface area contributed by atoms with Crippen molar-refractivity contribution >= 4 is 10.9 Å². The van der Waals surface area contributed by atoms with Crippen LogP contribution in [0, 0.1) is 0 Å². The maximum atomic E-state index is 10.9. The average Bonchev–Trinajstić information content (AvgIpc) is 2.06. The van der Waals surface area contributed by atoms with Crippen LogP contribution in [0.15, 0.2) is 34.1 Å². The highest BCUT2D eigenvalue weighted by Gasteiger charge is 1.97. The van der Waals surface area contributed by atoms with E-state index in [2.05, 4.69) is 14.4 Å². The molecule has 0 aromatic carbocycles. The highest BCUT2D eigenvalue weighted by Crippen LogP contribution is 2.01. The monoisotopic (exact) mass is 148 g/mol. The Balaban J connectivity index is 3.03. The van der Waals surface area contributed by atoms with Gasteiger partial charge in [0.05, 0.1) is 11.8 Å². The van der Waals surface area contributed by atoms with E-state index in [1.165, 1.54) is 18.8 Å². The molecule has 54 valence electrons. The lowest BCUT2D eigenvalue weighted by molar-refractivity contribution is 0.519. The molecule has 0 spiro atoms. The zero-order chi connectivity index (χ0) is 7.68. The first-order chi connectivity index (χ1) is 5.38. The smallest absolute Gasteiger partial charge is 0.346 e. The highest BCUT2D eigenvalue weighted by atomic mass is 16.4. The Bertz CT molecular complexity index is 430. The second-order valence-electron chi connectivity index (χ2n) is 2.03. The van der Waals surface area contributed by atoms with Gasteiger partial charge in [0.1, 0.15) is 11.7 Å². The second kappa shape index (κ2) is 2.16. The minimum Gasteiger partial charge on any atom is -0.431 e. The van der Waals surface area contributed by atoms with Crippen LogP contribution in [-0.4, -0.2) is 9.97 Å². The lowest BCUT2D eigenvalue weighted by atomic mass is 10.3. The van der Waals surface area contributed by atoms with Gasteiger partial charge in [-0.2, -0.15) is 0 Å². The normalized spacial score (nSPS) is 10.2. The molecule has 0 saturated carbocycles. The lowest BCUT2D eigenvalue weighted by Crippen LogP contribution is -1.99. The molecule has 2 aromatic rings. The van der Waals surface area contributed by atoms with Gasteiger partial charge in [-0.1, -0.05) is 0 Å². The summed E-state index contributed by atoms with van der Waals surface area (Å²) in [6.07, 6.45) is 4.15. The summed E-state index contributed by atoms with van der Waals surface area (Å²) in [6.45, 7) is 0. The van der Waals surface area contributed by atoms with Gasteiger partial charge in [-0.3, -0.25) is 0 Å². The van der Waals surface area contributed by atoms with E-state index in [0.717, 1.165) is 0 Å². The van der Waals surface area contributed by atoms with E-state index in [4.69, 9.17) is 0 Å². The van der Waals surface area contributed by atoms with Crippen LogP contribution in [0.1, 0.15) is 0 Å². The van der Waals surface area contributed by atoms with Crippen molar-refractivity contribution in [3.8, 4) is 0 Å². The first-order valence-electron chi connectivity index (χ1n) is 3.05. The topological polar surface area (TPSA) is 56.0 Å². The summed E-state index contributed by atoms with van der Waals surface area (Å²) in [7, 11) is 0. The van der Waals surface area contributed by atoms with E-state index in [0.29, 0.717) is 10.9 Å². The molecule has 0 aliphatic carbocycles. The van der Waals surface area contributed by atoms with Crippen LogP contribution in [0.2, 0.25) is 0 Å². The lowest BCUT2D eigenvalue weighted by Gasteiger charge is -1.89. The number of hydrogen-bond acceptors (Lipinski definition) is 4. The maximum Gasteiger partial charge on any atom is 0.346 e. The summed E-state index contributed by atoms with van der Waals surface area (Å²) in [5.74, 6) is 0. The molecular formula is C7H4N2O2. The van der Waals surface area contributed by atoms with Gasteiger partial charge >= 0.3 is 5.63 Å². The largest absolute Gasteiger partial charge is 0.431 e. The fraction of sp³-hybridized carbons (Fsp3) is 0. The minimum absolute atomic E-state index is 0.400. The van der Waals surface area contributed by atoms with Crippen LogP contribution >= 0.6 is 0 Å². The Morgan fingerprint density at radius 3 is 3.18 bits per heavy atom. The van der Waals surface area contributed by atoms with E-state index in [-0.39, 0.29) is 0 Å². The molecule has 0 atom stereocenters. The predicted octanol–water partition coefficient (Wildman–Crippen LogP) is 0.583. The third-order valence-electron chi connectivity index (χ3n) is 1.36. The Labute approximate surface area is 61.5 Å². The molecule has 0 aliphatic rings. The quantitative estimate of drug-likeness (QED) is 0.548. The van der Waals surface area contributed by atoms with Crippen LogP contribution in [0.25, 0.3) is 10.9 Å². The van der Waals surface area contributed by atoms with Crippen molar-refractivity contribution in [2.75, 3.05) is 0 Å². The van der Waals surface area contributed by atoms with Gasteiger partial charge < -0.3 is 4.42 Å². The summed E-state index contributed by atoms with van der Waals surface area (Å²) < 4.78 is 4.60. The maximum absolute atomic E-state index is 10.9. The Kier molecular flexibility index (Phi) is 1.18. The number of fused-ring (bicyclic) bond motifs is 1. The van der Waals surface area contributed by atoms with Crippen LogP contribution in [0.3, 0.4) is 0 Å². The van der Waals surface area contributed by atoms with Gasteiger partial charge in [0.2, 0.25) is 0 Å². The number of rotatable bonds is 0. The molecule has 0 N–H and O–H groups in total. The number of hydrogen-bond donors (Lipinski definition) is 0. The number of aromatic nitrogens is 2. The average molecular weight is 148 g/mol. The van der Waals surface area contributed by atoms with Crippen molar-refractivity contribution in [1.82, 2.24) is 9.97 Å². The Morgan fingerprint density at radius 1 is 1.45 bits per heavy atom. The van der Waals surface area contributed by atoms with Crippen molar-refractivity contribution in [3.05, 3.63) is 35.3 Å². The van der Waals surface area contributed by atoms with E-state index >= 15 is 0 Å². The van der Waals surface area contributed by atoms with E-state index < -0.39 is 5.63 Å². The first-order valence-corrected chi connectivity index (χ1v) is 3.05. The van der Waals surface area contributed by atoms with Gasteiger partial charge in [-0.25, -0.2) is 14.8 Å². The van der Waals surface area contributed by atoms with Gasteiger partial charge in [0.15, 0.2) is 0 Å². The molecule has 0 saturated heterocycles. The van der Waals surface area contributed by atoms with Crippen molar-refractivity contribution in [1.29, 1.82) is 0 Å². The molecule has 0 unspecified atom stereocenters. The Hall–Kier alpha value is -1.71. The molecule has 2 rings (SSSR count). The highest BCUT2D eigenvalue weighted by molar-refractivity contribution is 5.74. The van der Waals surface area contributed by atoms with Gasteiger partial charge in [0, 0.05) is 12.3 Å². The SMILES string of the molecule is O=c1occc2ncncc12. The molecule has 4 nitrogen and oxygen atoms in total. The zero-order valence-corrected chi connectivity index (χ0v) is 5.52. The third kappa shape index (κ3) is 0.881. The molecule has 2 aromatic heterocycles. The van der Waals surface area contributed by atoms with Gasteiger partial charge in [-0.15, -0.1) is 0 Å². The van der Waals surface area contributed by atoms with E-state index in [9.17, 15) is 4.79 Å². The van der Waals surface area contributed by atoms with Gasteiger partial charge in [0.25, 0.3) is 0 Å². The van der Waals surface area contributed by atoms with Gasteiger partial charge in [-0.05, 0) is 0 Å². The summed E-state index contributed by atoms with van der Waals surface area (Å²) in [6, 6.07) is 1.62. The standard InChI is InChI=1S/C7H4N2O2/c10-7-5-3-8-4-9-6(5)1-2-11-7/h1-4H. The molecule has 0 radical (unpaired) electrons. The molecule has 4 heteroatoms. The van der Waals surface area contributed by atoms with E-state index in [1.807, 2.05) is 0 Å². The minimum atomic E-state index is -0.400. The molecule has 11 heavy (non-hydrogen) atoms. The van der Waals surface area contributed by atoms with Crippen molar-refractivity contribution in [2.24, 2.45) is 0 Å². The van der Waals surface area contributed by atoms with Crippen LogP contribution in [-0.2, 0) is 0 Å². The predicted molar refractivity (Wildman–Crippen MR) is 38.1 cm³/mol. The fourth-order valence-corrected chi connectivity index (χ4v) is 0.853. The second-order valence-corrected chi connectivity index (χ2v) is 2.03. The summed E-state index contributed by atoms with van der Waals surface area (Å²) in [5.41, 5.74) is 0.208. The number of nitrogens with zero attached hydrogens (tertiary/aromatic N) is 2. The molecule has 0 bridgehead atoms. The summed E-state index contributed by atoms with van der Waals surface area (Å²) >= 11 is 0. The molecule has 2 heterocycles. The molecular weight excluding hydrogens is 144 g/mol. The van der Waals surface area contributed by atoms with Crippen LogP contribution in [0.5, 0.6) is 0 Å². The van der Waals surface area contributed by atoms with Crippen molar-refractivity contribution in [2.45, 2.75) is 0 Å². The van der Waals surface area contributed by atoms with Crippen molar-refractivity contribution < 1.29 is 4.42 Å². The Morgan fingerprint density at radius 2 is 2.36 bits per heavy atom. The van der Waals surface area contributed by atoms with Crippen LogP contribution in [0.4, 0.5) is 0 Å². The van der Waals surface area contributed by atoms with Crippen molar-refractivity contribution in [3.63, 3.8) is 0 Å². The molecule has 0 amide bonds. The van der Waals surface area contributed by atoms with Crippen LogP contribution < -0.4 is 5.63 Å². The first kappa shape index (κ1) is 6.03. The van der Waals surface area contributed by atoms with E-state index in [1.54, 1.807) is 6.07 Å². The molecule has 0 aliphatic heterocycles. The third-order valence-corrected chi connectivity index (χ3v) is 1.36. The zero-order valence-electron chi connectivity index (χ0n) is 5.52.